The van der Waals surface area contributed by atoms with Crippen LogP contribution in [-0.4, -0.2) is 11.3 Å². The summed E-state index contributed by atoms with van der Waals surface area (Å²) in [6.07, 6.45) is 0. The van der Waals surface area contributed by atoms with Crippen molar-refractivity contribution in [1.29, 1.82) is 0 Å². The minimum atomic E-state index is -0.0506. The van der Waals surface area contributed by atoms with Gasteiger partial charge in [-0.05, 0) is 225 Å². The first-order valence-corrected chi connectivity index (χ1v) is 22.6. The van der Waals surface area contributed by atoms with Crippen LogP contribution in [-0.2, 0) is 0 Å². The predicted molar refractivity (Wildman–Crippen MR) is 271 cm³/mol. The molecule has 1 aromatic heterocycles. The molecule has 11 rings (SSSR count). The van der Waals surface area contributed by atoms with Crippen molar-refractivity contribution < 1.29 is 4.74 Å². The molecule has 0 radical (unpaired) electrons. The van der Waals surface area contributed by atoms with Crippen LogP contribution >= 0.6 is 0 Å². The first-order chi connectivity index (χ1) is 30.1. The van der Waals surface area contributed by atoms with E-state index in [1.165, 1.54) is 155 Å². The Bertz CT molecular complexity index is 3410. The van der Waals surface area contributed by atoms with Crippen molar-refractivity contribution in [3.8, 4) is 61.7 Å². The zero-order valence-electron chi connectivity index (χ0n) is 38.8. The average molecular weight is 816 g/mol. The Labute approximate surface area is 373 Å². The van der Waals surface area contributed by atoms with Crippen LogP contribution in [0.4, 0.5) is 0 Å². The summed E-state index contributed by atoms with van der Waals surface area (Å²) in [7, 11) is 0. The lowest BCUT2D eigenvalue weighted by molar-refractivity contribution is 0.487. The molecule has 8 aromatic carbocycles. The third-order valence-electron chi connectivity index (χ3n) is 14.3. The number of rotatable bonds is 4. The summed E-state index contributed by atoms with van der Waals surface area (Å²) in [5.74, 6) is 1.86. The van der Waals surface area contributed by atoms with Gasteiger partial charge in [-0.3, -0.25) is 0 Å². The fourth-order valence-corrected chi connectivity index (χ4v) is 12.4. The topological polar surface area (TPSA) is 14.2 Å². The second kappa shape index (κ2) is 14.0. The maximum absolute atomic E-state index is 7.23. The van der Waals surface area contributed by atoms with Crippen molar-refractivity contribution in [2.24, 2.45) is 0 Å². The van der Waals surface area contributed by atoms with E-state index in [-0.39, 0.29) is 6.71 Å². The second-order valence-electron chi connectivity index (χ2n) is 19.3. The van der Waals surface area contributed by atoms with Crippen LogP contribution in [0, 0.1) is 83.1 Å². The SMILES string of the molecule is Cc1cc(C)c(-c2ccc3c(c2)B2c4c(cc(-c5c(C)cc(C)cc5C)cc4-n4c5ccc(-c6c(C)cc(C)cc6C)cc5c5cc(-c6c(C)cc(C)cc6C)cc2c54)O3)c(C)c1. The smallest absolute Gasteiger partial charge is 0.256 e. The van der Waals surface area contributed by atoms with Crippen LogP contribution in [0.1, 0.15) is 66.8 Å². The van der Waals surface area contributed by atoms with E-state index in [0.717, 1.165) is 11.5 Å². The fraction of sp³-hybridized carbons (Fsp3) is 0.200. The maximum Gasteiger partial charge on any atom is 0.256 e. The van der Waals surface area contributed by atoms with Gasteiger partial charge in [0.2, 0.25) is 0 Å². The van der Waals surface area contributed by atoms with E-state index >= 15 is 0 Å². The normalized spacial score (nSPS) is 12.5. The Kier molecular flexibility index (Phi) is 8.71. The van der Waals surface area contributed by atoms with Crippen molar-refractivity contribution in [3.63, 3.8) is 0 Å². The van der Waals surface area contributed by atoms with Gasteiger partial charge in [0.25, 0.3) is 6.71 Å². The van der Waals surface area contributed by atoms with Crippen molar-refractivity contribution >= 4 is 44.9 Å². The molecule has 2 nitrogen and oxygen atoms in total. The monoisotopic (exact) mass is 815 g/mol. The molecule has 9 aromatic rings. The largest absolute Gasteiger partial charge is 0.458 e. The maximum atomic E-state index is 7.23. The summed E-state index contributed by atoms with van der Waals surface area (Å²) in [4.78, 5) is 0. The summed E-state index contributed by atoms with van der Waals surface area (Å²) in [5, 5.41) is 2.56. The van der Waals surface area contributed by atoms with Gasteiger partial charge >= 0.3 is 0 Å². The van der Waals surface area contributed by atoms with Crippen molar-refractivity contribution in [2.45, 2.75) is 83.1 Å². The number of fused-ring (bicyclic) bond motifs is 7. The first-order valence-electron chi connectivity index (χ1n) is 22.6. The molecule has 0 atom stereocenters. The molecule has 0 unspecified atom stereocenters. The lowest BCUT2D eigenvalue weighted by Crippen LogP contribution is -2.58. The zero-order chi connectivity index (χ0) is 43.9. The van der Waals surface area contributed by atoms with Crippen LogP contribution in [0.15, 0.2) is 109 Å². The Morgan fingerprint density at radius 2 is 0.778 bits per heavy atom. The molecule has 0 spiro atoms. The lowest BCUT2D eigenvalue weighted by atomic mass is 9.34. The molecule has 0 bridgehead atoms. The van der Waals surface area contributed by atoms with Crippen LogP contribution in [0.25, 0.3) is 72.0 Å². The minimum Gasteiger partial charge on any atom is -0.458 e. The predicted octanol–water partition coefficient (Wildman–Crippen LogP) is 14.1. The number of hydrogen-bond acceptors (Lipinski definition) is 1. The average Bonchev–Trinajstić information content (AvgIpc) is 3.52. The highest BCUT2D eigenvalue weighted by Gasteiger charge is 2.42. The summed E-state index contributed by atoms with van der Waals surface area (Å²) < 4.78 is 9.81. The van der Waals surface area contributed by atoms with Crippen LogP contribution < -0.4 is 21.1 Å². The highest BCUT2D eigenvalue weighted by Crippen LogP contribution is 2.44. The Balaban J connectivity index is 1.29. The highest BCUT2D eigenvalue weighted by atomic mass is 16.5. The van der Waals surface area contributed by atoms with Crippen molar-refractivity contribution in [1.82, 2.24) is 4.57 Å². The van der Waals surface area contributed by atoms with Crippen LogP contribution in [0.5, 0.6) is 11.5 Å². The number of aromatic nitrogens is 1. The number of hydrogen-bond donors (Lipinski definition) is 0. The molecule has 0 saturated carbocycles. The molecule has 0 aliphatic carbocycles. The molecule has 3 heterocycles. The molecular formula is C60H54BNO. The van der Waals surface area contributed by atoms with Crippen molar-refractivity contribution in [3.05, 3.63) is 176 Å². The van der Waals surface area contributed by atoms with Crippen LogP contribution in [0.3, 0.4) is 0 Å². The molecule has 0 saturated heterocycles. The number of ether oxygens (including phenoxy) is 1. The molecule has 308 valence electrons. The van der Waals surface area contributed by atoms with Gasteiger partial charge in [-0.1, -0.05) is 95.1 Å². The molecule has 0 amide bonds. The van der Waals surface area contributed by atoms with E-state index in [1.807, 2.05) is 0 Å². The standard InChI is InChI=1S/C60H54BNO/c1-31-17-35(5)55(36(6)18-31)43-13-15-51-47(25-43)48-26-45(57-39(9)21-33(3)22-40(57)10)28-50-60(48)62(51)52-29-46(58-41(11)23-34(4)24-42(58)12)30-54-59(52)61(50)49-27-44(14-16-53(49)63-54)56-37(7)19-32(2)20-38(56)8/h13-30H,1-12H3. The quantitative estimate of drug-likeness (QED) is 0.161. The van der Waals surface area contributed by atoms with E-state index in [1.54, 1.807) is 0 Å². The van der Waals surface area contributed by atoms with Gasteiger partial charge in [0.05, 0.1) is 5.52 Å². The van der Waals surface area contributed by atoms with E-state index < -0.39 is 0 Å². The van der Waals surface area contributed by atoms with Crippen LogP contribution in [0.2, 0.25) is 0 Å². The van der Waals surface area contributed by atoms with Gasteiger partial charge < -0.3 is 9.30 Å². The van der Waals surface area contributed by atoms with E-state index in [4.69, 9.17) is 4.74 Å². The minimum absolute atomic E-state index is 0.0506. The lowest BCUT2D eigenvalue weighted by Gasteiger charge is -2.34. The molecule has 0 fully saturated rings. The molecular weight excluding hydrogens is 761 g/mol. The third kappa shape index (κ3) is 5.92. The van der Waals surface area contributed by atoms with E-state index in [2.05, 4.69) is 197 Å². The van der Waals surface area contributed by atoms with Gasteiger partial charge in [-0.15, -0.1) is 0 Å². The molecule has 0 N–H and O–H groups in total. The van der Waals surface area contributed by atoms with Gasteiger partial charge in [-0.25, -0.2) is 0 Å². The highest BCUT2D eigenvalue weighted by molar-refractivity contribution is 6.99. The van der Waals surface area contributed by atoms with Gasteiger partial charge in [0, 0.05) is 22.0 Å². The van der Waals surface area contributed by atoms with E-state index in [9.17, 15) is 0 Å². The molecule has 3 heteroatoms. The van der Waals surface area contributed by atoms with Gasteiger partial charge in [0.1, 0.15) is 11.5 Å². The molecule has 2 aliphatic heterocycles. The van der Waals surface area contributed by atoms with E-state index in [0.29, 0.717) is 0 Å². The van der Waals surface area contributed by atoms with Gasteiger partial charge in [0.15, 0.2) is 0 Å². The fourth-order valence-electron chi connectivity index (χ4n) is 12.4. The zero-order valence-corrected chi connectivity index (χ0v) is 38.8. The number of nitrogens with zero attached hydrogens (tertiary/aromatic N) is 1. The summed E-state index contributed by atoms with van der Waals surface area (Å²) >= 11 is 0. The third-order valence-corrected chi connectivity index (χ3v) is 14.3. The van der Waals surface area contributed by atoms with Crippen molar-refractivity contribution in [2.75, 3.05) is 0 Å². The first kappa shape index (κ1) is 39.3. The van der Waals surface area contributed by atoms with Gasteiger partial charge in [-0.2, -0.15) is 0 Å². The Morgan fingerprint density at radius 1 is 0.365 bits per heavy atom. The molecule has 2 aliphatic rings. The molecule has 63 heavy (non-hydrogen) atoms. The number of benzene rings is 8. The summed E-state index contributed by atoms with van der Waals surface area (Å²) in [6, 6.07) is 42.6. The Morgan fingerprint density at radius 3 is 1.29 bits per heavy atom. The second-order valence-corrected chi connectivity index (χ2v) is 19.3. The summed E-state index contributed by atoms with van der Waals surface area (Å²) in [6.45, 7) is 26.8. The summed E-state index contributed by atoms with van der Waals surface area (Å²) in [5.41, 5.74) is 33.2. The Hall–Kier alpha value is -6.58. The number of aryl methyl sites for hydroxylation is 12.